The van der Waals surface area contributed by atoms with E-state index in [1.165, 1.54) is 0 Å². The van der Waals surface area contributed by atoms with E-state index in [0.717, 1.165) is 0 Å². The topological polar surface area (TPSA) is 61.8 Å². The van der Waals surface area contributed by atoms with Gasteiger partial charge < -0.3 is 14.2 Å². The monoisotopic (exact) mass is 370 g/mol. The van der Waals surface area contributed by atoms with E-state index in [9.17, 15) is 9.59 Å². The lowest BCUT2D eigenvalue weighted by Gasteiger charge is -2.20. The minimum atomic E-state index is -0.574. The quantitative estimate of drug-likeness (QED) is 0.675. The van der Waals surface area contributed by atoms with Crippen molar-refractivity contribution in [3.8, 4) is 11.5 Å². The molecule has 0 bridgehead atoms. The fourth-order valence-electron chi connectivity index (χ4n) is 2.18. The molecule has 0 spiro atoms. The lowest BCUT2D eigenvalue weighted by atomic mass is 10.1. The first-order chi connectivity index (χ1) is 12.4. The molecule has 0 radical (unpaired) electrons. The predicted octanol–water partition coefficient (Wildman–Crippen LogP) is 5.39. The Hall–Kier alpha value is -2.82. The summed E-state index contributed by atoms with van der Waals surface area (Å²) in [6.07, 6.45) is 0. The highest BCUT2D eigenvalue weighted by Crippen LogP contribution is 2.25. The average Bonchev–Trinajstić information content (AvgIpc) is 2.52. The van der Waals surface area contributed by atoms with Crippen LogP contribution in [0.4, 0.5) is 0 Å². The Morgan fingerprint density at radius 1 is 0.667 bits per heavy atom. The number of carbonyl (C=O) groups excluding carboxylic acids is 2. The molecule has 0 aliphatic heterocycles. The van der Waals surface area contributed by atoms with E-state index in [2.05, 4.69) is 0 Å². The maximum atomic E-state index is 12.2. The van der Waals surface area contributed by atoms with Gasteiger partial charge in [0.1, 0.15) is 22.7 Å². The van der Waals surface area contributed by atoms with Gasteiger partial charge in [-0.25, -0.2) is 9.59 Å². The van der Waals surface area contributed by atoms with Crippen molar-refractivity contribution in [2.45, 2.75) is 52.7 Å². The highest BCUT2D eigenvalue weighted by Gasteiger charge is 2.19. The molecule has 0 saturated carbocycles. The van der Waals surface area contributed by atoms with Crippen LogP contribution in [-0.2, 0) is 9.47 Å². The van der Waals surface area contributed by atoms with E-state index in [1.54, 1.807) is 48.5 Å². The molecule has 0 N–H and O–H groups in total. The zero-order valence-corrected chi connectivity index (χ0v) is 16.7. The number of rotatable bonds is 4. The van der Waals surface area contributed by atoms with E-state index < -0.39 is 23.1 Å². The molecule has 0 heterocycles. The number of carbonyl (C=O) groups is 2. The second-order valence-corrected chi connectivity index (χ2v) is 8.16. The lowest BCUT2D eigenvalue weighted by molar-refractivity contribution is 0.00571. The standard InChI is InChI=1S/C22H26O5/c1-21(2,3)26-19(23)15-9-7-11-17(13-15)25-18-12-8-10-16(14-18)20(24)27-22(4,5)6/h7-14H,1-6H3. The number of esters is 2. The van der Waals surface area contributed by atoms with Crippen molar-refractivity contribution in [3.63, 3.8) is 0 Å². The molecule has 2 aromatic rings. The van der Waals surface area contributed by atoms with Crippen molar-refractivity contribution in [3.05, 3.63) is 59.7 Å². The fourth-order valence-corrected chi connectivity index (χ4v) is 2.18. The van der Waals surface area contributed by atoms with Gasteiger partial charge >= 0.3 is 11.9 Å². The summed E-state index contributed by atoms with van der Waals surface area (Å²) in [6, 6.07) is 13.4. The summed E-state index contributed by atoms with van der Waals surface area (Å²) in [5.41, 5.74) is -0.359. The summed E-state index contributed by atoms with van der Waals surface area (Å²) in [5.74, 6) is 0.102. The first-order valence-corrected chi connectivity index (χ1v) is 8.78. The highest BCUT2D eigenvalue weighted by atomic mass is 16.6. The van der Waals surface area contributed by atoms with E-state index in [1.807, 2.05) is 41.5 Å². The molecular formula is C22H26O5. The van der Waals surface area contributed by atoms with Crippen LogP contribution in [0.1, 0.15) is 62.3 Å². The Balaban J connectivity index is 2.16. The van der Waals surface area contributed by atoms with Gasteiger partial charge in [0.2, 0.25) is 0 Å². The van der Waals surface area contributed by atoms with Crippen molar-refractivity contribution in [1.29, 1.82) is 0 Å². The second kappa shape index (κ2) is 7.82. The summed E-state index contributed by atoms with van der Waals surface area (Å²) in [4.78, 5) is 24.4. The van der Waals surface area contributed by atoms with Crippen LogP contribution in [0.3, 0.4) is 0 Å². The van der Waals surface area contributed by atoms with Crippen molar-refractivity contribution < 1.29 is 23.8 Å². The van der Waals surface area contributed by atoms with Gasteiger partial charge in [-0.05, 0) is 77.9 Å². The maximum absolute atomic E-state index is 12.2. The number of benzene rings is 2. The van der Waals surface area contributed by atoms with Crippen molar-refractivity contribution >= 4 is 11.9 Å². The van der Waals surface area contributed by atoms with Gasteiger partial charge in [0, 0.05) is 0 Å². The SMILES string of the molecule is CC(C)(C)OC(=O)c1cccc(Oc2cccc(C(=O)OC(C)(C)C)c2)c1. The third-order valence-corrected chi connectivity index (χ3v) is 3.17. The Labute approximate surface area is 160 Å². The van der Waals surface area contributed by atoms with Crippen LogP contribution in [0, 0.1) is 0 Å². The first kappa shape index (κ1) is 20.5. The molecule has 27 heavy (non-hydrogen) atoms. The van der Waals surface area contributed by atoms with Gasteiger partial charge in [-0.1, -0.05) is 12.1 Å². The average molecular weight is 370 g/mol. The van der Waals surface area contributed by atoms with E-state index in [4.69, 9.17) is 14.2 Å². The minimum absolute atomic E-state index is 0.394. The molecule has 0 fully saturated rings. The van der Waals surface area contributed by atoms with Gasteiger partial charge in [0.15, 0.2) is 0 Å². The number of hydrogen-bond acceptors (Lipinski definition) is 5. The molecule has 0 aliphatic carbocycles. The second-order valence-electron chi connectivity index (χ2n) is 8.16. The van der Waals surface area contributed by atoms with Gasteiger partial charge in [-0.2, -0.15) is 0 Å². The first-order valence-electron chi connectivity index (χ1n) is 8.78. The molecule has 0 amide bonds. The molecule has 0 saturated heterocycles. The summed E-state index contributed by atoms with van der Waals surface area (Å²) in [7, 11) is 0. The van der Waals surface area contributed by atoms with Crippen LogP contribution in [0.25, 0.3) is 0 Å². The molecule has 0 unspecified atom stereocenters. The third kappa shape index (κ3) is 6.77. The molecule has 2 rings (SSSR count). The molecule has 0 aromatic heterocycles. The zero-order valence-electron chi connectivity index (χ0n) is 16.7. The lowest BCUT2D eigenvalue weighted by Crippen LogP contribution is -2.23. The predicted molar refractivity (Wildman–Crippen MR) is 103 cm³/mol. The fraction of sp³-hybridized carbons (Fsp3) is 0.364. The van der Waals surface area contributed by atoms with E-state index in [-0.39, 0.29) is 0 Å². The van der Waals surface area contributed by atoms with Crippen LogP contribution in [0.15, 0.2) is 48.5 Å². The van der Waals surface area contributed by atoms with Crippen molar-refractivity contribution in [2.24, 2.45) is 0 Å². The normalized spacial score (nSPS) is 11.6. The van der Waals surface area contributed by atoms with Crippen molar-refractivity contribution in [2.75, 3.05) is 0 Å². The summed E-state index contributed by atoms with van der Waals surface area (Å²) in [5, 5.41) is 0. The van der Waals surface area contributed by atoms with Gasteiger partial charge in [-0.15, -0.1) is 0 Å². The Morgan fingerprint density at radius 2 is 1.04 bits per heavy atom. The number of ether oxygens (including phenoxy) is 3. The van der Waals surface area contributed by atoms with Crippen LogP contribution < -0.4 is 4.74 Å². The van der Waals surface area contributed by atoms with Crippen LogP contribution in [-0.4, -0.2) is 23.1 Å². The molecular weight excluding hydrogens is 344 g/mol. The Bertz CT molecular complexity index is 756. The third-order valence-electron chi connectivity index (χ3n) is 3.17. The van der Waals surface area contributed by atoms with E-state index >= 15 is 0 Å². The molecule has 0 atom stereocenters. The summed E-state index contributed by atoms with van der Waals surface area (Å²) < 4.78 is 16.5. The van der Waals surface area contributed by atoms with Crippen LogP contribution in [0.2, 0.25) is 0 Å². The Kier molecular flexibility index (Phi) is 5.94. The molecule has 0 aliphatic rings. The van der Waals surface area contributed by atoms with Gasteiger partial charge in [0.25, 0.3) is 0 Å². The molecule has 144 valence electrons. The summed E-state index contributed by atoms with van der Waals surface area (Å²) in [6.45, 7) is 10.9. The largest absolute Gasteiger partial charge is 0.457 e. The number of hydrogen-bond donors (Lipinski definition) is 0. The van der Waals surface area contributed by atoms with Crippen LogP contribution in [0.5, 0.6) is 11.5 Å². The van der Waals surface area contributed by atoms with Gasteiger partial charge in [-0.3, -0.25) is 0 Å². The molecule has 2 aromatic carbocycles. The maximum Gasteiger partial charge on any atom is 0.338 e. The van der Waals surface area contributed by atoms with Gasteiger partial charge in [0.05, 0.1) is 11.1 Å². The molecule has 5 nitrogen and oxygen atoms in total. The summed E-state index contributed by atoms with van der Waals surface area (Å²) >= 11 is 0. The zero-order chi connectivity index (χ0) is 20.2. The van der Waals surface area contributed by atoms with Crippen molar-refractivity contribution in [1.82, 2.24) is 0 Å². The molecule has 5 heteroatoms. The van der Waals surface area contributed by atoms with E-state index in [0.29, 0.717) is 22.6 Å². The smallest absolute Gasteiger partial charge is 0.338 e. The highest BCUT2D eigenvalue weighted by molar-refractivity contribution is 5.90. The van der Waals surface area contributed by atoms with Crippen LogP contribution >= 0.6 is 0 Å². The minimum Gasteiger partial charge on any atom is -0.457 e. The Morgan fingerprint density at radius 3 is 1.37 bits per heavy atom.